The normalized spacial score (nSPS) is 23.5. The monoisotopic (exact) mass is 294 g/mol. The number of aliphatic carboxylic acids is 1. The average Bonchev–Trinajstić information content (AvgIpc) is 2.27. The molecule has 0 aliphatic carbocycles. The zero-order valence-electron chi connectivity index (χ0n) is 10.6. The van der Waals surface area contributed by atoms with Crippen molar-refractivity contribution in [2.45, 2.75) is 18.6 Å². The quantitative estimate of drug-likeness (QED) is 0.517. The summed E-state index contributed by atoms with van der Waals surface area (Å²) in [7, 11) is -1.85. The van der Waals surface area contributed by atoms with Crippen LogP contribution >= 0.6 is 0 Å². The number of sulfone groups is 1. The van der Waals surface area contributed by atoms with Crippen molar-refractivity contribution in [3.05, 3.63) is 0 Å². The van der Waals surface area contributed by atoms with Gasteiger partial charge in [-0.3, -0.25) is 4.79 Å². The van der Waals surface area contributed by atoms with Gasteiger partial charge in [-0.2, -0.15) is 0 Å². The molecule has 9 heteroatoms. The summed E-state index contributed by atoms with van der Waals surface area (Å²) in [6.07, 6.45) is -1.11. The smallest absolute Gasteiger partial charge is 0.334 e. The van der Waals surface area contributed by atoms with Crippen LogP contribution < -0.4 is 10.6 Å². The van der Waals surface area contributed by atoms with E-state index in [2.05, 4.69) is 15.4 Å². The molecule has 0 spiro atoms. The second-order valence-corrected chi connectivity index (χ2v) is 6.56. The number of carbonyl (C=O) groups is 2. The molecule has 8 nitrogen and oxygen atoms in total. The van der Waals surface area contributed by atoms with Crippen molar-refractivity contribution in [3.63, 3.8) is 0 Å². The van der Waals surface area contributed by atoms with Crippen LogP contribution in [0.4, 0.5) is 0 Å². The first-order chi connectivity index (χ1) is 8.84. The molecule has 2 atom stereocenters. The molecule has 3 N–H and O–H groups in total. The maximum atomic E-state index is 11.6. The molecule has 2 unspecified atom stereocenters. The molecule has 0 saturated carbocycles. The summed E-state index contributed by atoms with van der Waals surface area (Å²) in [6, 6.07) is -0.426. The van der Waals surface area contributed by atoms with Crippen LogP contribution in [-0.2, 0) is 24.2 Å². The zero-order valence-corrected chi connectivity index (χ0v) is 11.4. The first kappa shape index (κ1) is 15.9. The van der Waals surface area contributed by atoms with E-state index in [1.54, 1.807) is 0 Å². The lowest BCUT2D eigenvalue weighted by Gasteiger charge is -2.23. The second kappa shape index (κ2) is 6.83. The van der Waals surface area contributed by atoms with Crippen LogP contribution in [0, 0.1) is 0 Å². The molecule has 19 heavy (non-hydrogen) atoms. The fourth-order valence-corrected chi connectivity index (χ4v) is 3.22. The van der Waals surface area contributed by atoms with Crippen LogP contribution in [0.25, 0.3) is 0 Å². The minimum Gasteiger partial charge on any atom is -0.479 e. The Hall–Kier alpha value is -1.19. The van der Waals surface area contributed by atoms with Crippen molar-refractivity contribution >= 4 is 21.7 Å². The predicted octanol–water partition coefficient (Wildman–Crippen LogP) is -2.02. The molecule has 0 bridgehead atoms. The first-order valence-electron chi connectivity index (χ1n) is 5.80. The Morgan fingerprint density at radius 1 is 1.53 bits per heavy atom. The van der Waals surface area contributed by atoms with E-state index >= 15 is 0 Å². The number of carbonyl (C=O) groups excluding carboxylic acids is 1. The van der Waals surface area contributed by atoms with E-state index < -0.39 is 33.9 Å². The van der Waals surface area contributed by atoms with Crippen LogP contribution in [-0.4, -0.2) is 69.3 Å². The van der Waals surface area contributed by atoms with Crippen molar-refractivity contribution in [2.75, 3.05) is 31.7 Å². The van der Waals surface area contributed by atoms with Crippen molar-refractivity contribution in [3.8, 4) is 0 Å². The lowest BCUT2D eigenvalue weighted by molar-refractivity contribution is -0.148. The van der Waals surface area contributed by atoms with Crippen molar-refractivity contribution in [2.24, 2.45) is 0 Å². The molecule has 0 aromatic carbocycles. The molecule has 0 aromatic rings. The van der Waals surface area contributed by atoms with E-state index in [4.69, 9.17) is 5.11 Å². The molecular weight excluding hydrogens is 276 g/mol. The standard InChI is InChI=1S/C10H18N2O6S/c1-18-8(10(14)15)5-12-9(13)4-7-6-19(16,17)3-2-11-7/h7-8,11H,2-6H2,1H3,(H,12,13)(H,14,15). The number of hydrogen-bond donors (Lipinski definition) is 3. The Bertz CT molecular complexity index is 435. The number of ether oxygens (including phenoxy) is 1. The van der Waals surface area contributed by atoms with Gasteiger partial charge in [0.1, 0.15) is 0 Å². The fourth-order valence-electron chi connectivity index (χ4n) is 1.77. The SMILES string of the molecule is COC(CNC(=O)CC1CS(=O)(=O)CCN1)C(=O)O. The van der Waals surface area contributed by atoms with Gasteiger partial charge < -0.3 is 20.5 Å². The van der Waals surface area contributed by atoms with E-state index in [9.17, 15) is 18.0 Å². The molecule has 1 fully saturated rings. The van der Waals surface area contributed by atoms with E-state index in [1.807, 2.05) is 0 Å². The summed E-state index contributed by atoms with van der Waals surface area (Å²) < 4.78 is 27.4. The van der Waals surface area contributed by atoms with E-state index in [0.717, 1.165) is 0 Å². The molecule has 1 rings (SSSR count). The third-order valence-electron chi connectivity index (χ3n) is 2.78. The van der Waals surface area contributed by atoms with Gasteiger partial charge in [0.2, 0.25) is 5.91 Å². The topological polar surface area (TPSA) is 122 Å². The van der Waals surface area contributed by atoms with Crippen LogP contribution in [0.3, 0.4) is 0 Å². The van der Waals surface area contributed by atoms with E-state index in [0.29, 0.717) is 6.54 Å². The maximum absolute atomic E-state index is 11.6. The molecular formula is C10H18N2O6S. The summed E-state index contributed by atoms with van der Waals surface area (Å²) in [4.78, 5) is 22.2. The Morgan fingerprint density at radius 3 is 2.74 bits per heavy atom. The first-order valence-corrected chi connectivity index (χ1v) is 7.62. The number of hydrogen-bond acceptors (Lipinski definition) is 6. The Kier molecular flexibility index (Phi) is 5.70. The third kappa shape index (κ3) is 5.53. The molecule has 110 valence electrons. The minimum absolute atomic E-state index is 0.00468. The fraction of sp³-hybridized carbons (Fsp3) is 0.800. The van der Waals surface area contributed by atoms with Gasteiger partial charge in [-0.15, -0.1) is 0 Å². The van der Waals surface area contributed by atoms with Crippen molar-refractivity contribution in [1.29, 1.82) is 0 Å². The minimum atomic E-state index is -3.09. The van der Waals surface area contributed by atoms with E-state index in [-0.39, 0.29) is 24.5 Å². The highest BCUT2D eigenvalue weighted by Gasteiger charge is 2.26. The molecule has 1 aliphatic heterocycles. The zero-order chi connectivity index (χ0) is 14.5. The van der Waals surface area contributed by atoms with Crippen molar-refractivity contribution in [1.82, 2.24) is 10.6 Å². The van der Waals surface area contributed by atoms with Gasteiger partial charge in [-0.1, -0.05) is 0 Å². The third-order valence-corrected chi connectivity index (χ3v) is 4.51. The summed E-state index contributed by atoms with van der Waals surface area (Å²) in [6.45, 7) is 0.181. The Labute approximate surface area is 111 Å². The number of nitrogens with one attached hydrogen (secondary N) is 2. The van der Waals surface area contributed by atoms with Crippen LogP contribution in [0.5, 0.6) is 0 Å². The van der Waals surface area contributed by atoms with Gasteiger partial charge in [0.25, 0.3) is 0 Å². The molecule has 1 amide bonds. The van der Waals surface area contributed by atoms with Gasteiger partial charge in [0.15, 0.2) is 15.9 Å². The highest BCUT2D eigenvalue weighted by molar-refractivity contribution is 7.91. The largest absolute Gasteiger partial charge is 0.479 e. The van der Waals surface area contributed by atoms with Crippen LogP contribution in [0.15, 0.2) is 0 Å². The predicted molar refractivity (Wildman–Crippen MR) is 66.5 cm³/mol. The summed E-state index contributed by atoms with van der Waals surface area (Å²) in [5.74, 6) is -1.57. The molecule has 0 radical (unpaired) electrons. The highest BCUT2D eigenvalue weighted by Crippen LogP contribution is 2.04. The molecule has 0 aromatic heterocycles. The van der Waals surface area contributed by atoms with Gasteiger partial charge in [0.05, 0.1) is 18.1 Å². The summed E-state index contributed by atoms with van der Waals surface area (Å²) >= 11 is 0. The number of amides is 1. The van der Waals surface area contributed by atoms with Gasteiger partial charge in [-0.25, -0.2) is 13.2 Å². The lowest BCUT2D eigenvalue weighted by atomic mass is 10.2. The number of carboxylic acids is 1. The Balaban J connectivity index is 2.37. The highest BCUT2D eigenvalue weighted by atomic mass is 32.2. The molecule has 1 saturated heterocycles. The molecule has 1 heterocycles. The Morgan fingerprint density at radius 2 is 2.21 bits per heavy atom. The number of rotatable bonds is 6. The lowest BCUT2D eigenvalue weighted by Crippen LogP contribution is -2.48. The summed E-state index contributed by atoms with van der Waals surface area (Å²) in [5, 5.41) is 14.1. The van der Waals surface area contributed by atoms with Gasteiger partial charge >= 0.3 is 5.97 Å². The average molecular weight is 294 g/mol. The maximum Gasteiger partial charge on any atom is 0.334 e. The molecule has 1 aliphatic rings. The van der Waals surface area contributed by atoms with E-state index in [1.165, 1.54) is 7.11 Å². The van der Waals surface area contributed by atoms with Gasteiger partial charge in [-0.05, 0) is 0 Å². The second-order valence-electron chi connectivity index (χ2n) is 4.34. The van der Waals surface area contributed by atoms with Crippen LogP contribution in [0.1, 0.15) is 6.42 Å². The van der Waals surface area contributed by atoms with Crippen LogP contribution in [0.2, 0.25) is 0 Å². The van der Waals surface area contributed by atoms with Gasteiger partial charge in [0, 0.05) is 26.1 Å². The summed E-state index contributed by atoms with van der Waals surface area (Å²) in [5.41, 5.74) is 0. The number of carboxylic acid groups (broad SMARTS) is 1. The number of methoxy groups -OCH3 is 1. The van der Waals surface area contributed by atoms with Crippen molar-refractivity contribution < 1.29 is 27.9 Å².